The van der Waals surface area contributed by atoms with Crippen LogP contribution in [0.15, 0.2) is 36.4 Å². The van der Waals surface area contributed by atoms with Gasteiger partial charge in [-0.1, -0.05) is 24.3 Å². The monoisotopic (exact) mass is 245 g/mol. The Labute approximate surface area is 105 Å². The van der Waals surface area contributed by atoms with Gasteiger partial charge in [0.05, 0.1) is 0 Å². The van der Waals surface area contributed by atoms with Crippen LogP contribution >= 0.6 is 0 Å². The average molecular weight is 245 g/mol. The molecular formula is C14H15NO3. The summed E-state index contributed by atoms with van der Waals surface area (Å²) >= 11 is 0. The van der Waals surface area contributed by atoms with Crippen molar-refractivity contribution in [2.24, 2.45) is 0 Å². The zero-order chi connectivity index (χ0) is 13.1. The molecule has 0 heterocycles. The molecule has 0 saturated heterocycles. The molecule has 0 spiro atoms. The van der Waals surface area contributed by atoms with Gasteiger partial charge in [-0.25, -0.2) is 0 Å². The number of aliphatic carboxylic acids is 1. The number of carboxylic acid groups (broad SMARTS) is 1. The number of phenols is 1. The van der Waals surface area contributed by atoms with Crippen LogP contribution in [0.2, 0.25) is 0 Å². The Morgan fingerprint density at radius 3 is 2.50 bits per heavy atom. The second kappa shape index (κ2) is 5.06. The minimum Gasteiger partial charge on any atom is -0.508 e. The molecular weight excluding hydrogens is 230 g/mol. The molecule has 0 aliphatic carbocycles. The minimum atomic E-state index is -0.907. The van der Waals surface area contributed by atoms with Crippen molar-refractivity contribution in [2.75, 3.05) is 0 Å². The van der Waals surface area contributed by atoms with E-state index in [1.165, 1.54) is 0 Å². The highest BCUT2D eigenvalue weighted by Gasteiger charge is 2.11. The molecule has 0 bridgehead atoms. The van der Waals surface area contributed by atoms with Crippen molar-refractivity contribution in [3.8, 4) is 5.75 Å². The zero-order valence-corrected chi connectivity index (χ0v) is 10.1. The highest BCUT2D eigenvalue weighted by atomic mass is 16.4. The Morgan fingerprint density at radius 2 is 1.89 bits per heavy atom. The van der Waals surface area contributed by atoms with Gasteiger partial charge in [0.2, 0.25) is 0 Å². The fourth-order valence-electron chi connectivity index (χ4n) is 1.77. The molecule has 0 fully saturated rings. The maximum atomic E-state index is 10.7. The third kappa shape index (κ3) is 2.60. The largest absolute Gasteiger partial charge is 0.508 e. The first-order chi connectivity index (χ1) is 8.58. The van der Waals surface area contributed by atoms with Crippen LogP contribution in [0.25, 0.3) is 10.8 Å². The minimum absolute atomic E-state index is 0.179. The van der Waals surface area contributed by atoms with Gasteiger partial charge < -0.3 is 15.5 Å². The summed E-state index contributed by atoms with van der Waals surface area (Å²) in [4.78, 5) is 10.7. The second-order valence-electron chi connectivity index (χ2n) is 4.27. The van der Waals surface area contributed by atoms with Gasteiger partial charge in [0, 0.05) is 12.1 Å². The predicted molar refractivity (Wildman–Crippen MR) is 69.6 cm³/mol. The van der Waals surface area contributed by atoms with Crippen LogP contribution in [0.5, 0.6) is 5.75 Å². The lowest BCUT2D eigenvalue weighted by Gasteiger charge is -2.11. The van der Waals surface area contributed by atoms with Crippen LogP contribution in [-0.4, -0.2) is 22.2 Å². The molecule has 4 heteroatoms. The molecule has 4 nitrogen and oxygen atoms in total. The summed E-state index contributed by atoms with van der Waals surface area (Å²) in [5.74, 6) is -0.728. The van der Waals surface area contributed by atoms with Gasteiger partial charge in [-0.3, -0.25) is 4.79 Å². The third-order valence-electron chi connectivity index (χ3n) is 2.92. The van der Waals surface area contributed by atoms with E-state index in [1.807, 2.05) is 30.3 Å². The van der Waals surface area contributed by atoms with E-state index in [0.717, 1.165) is 10.8 Å². The Morgan fingerprint density at radius 1 is 1.28 bits per heavy atom. The summed E-state index contributed by atoms with van der Waals surface area (Å²) in [5.41, 5.74) is 0.696. The van der Waals surface area contributed by atoms with Crippen molar-refractivity contribution in [1.82, 2.24) is 5.32 Å². The molecule has 2 aromatic rings. The number of nitrogens with one attached hydrogen (secondary N) is 1. The zero-order valence-electron chi connectivity index (χ0n) is 10.1. The van der Waals surface area contributed by atoms with Gasteiger partial charge in [-0.15, -0.1) is 0 Å². The van der Waals surface area contributed by atoms with Crippen LogP contribution in [0.1, 0.15) is 12.5 Å². The first-order valence-electron chi connectivity index (χ1n) is 5.75. The SMILES string of the molecule is CC(NCc1cc2ccccc2cc1O)C(=O)O. The van der Waals surface area contributed by atoms with Crippen molar-refractivity contribution < 1.29 is 15.0 Å². The molecule has 2 aromatic carbocycles. The van der Waals surface area contributed by atoms with E-state index in [0.29, 0.717) is 12.1 Å². The number of aromatic hydroxyl groups is 1. The summed E-state index contributed by atoms with van der Waals surface area (Å²) in [6, 6.07) is 10.6. The number of fused-ring (bicyclic) bond motifs is 1. The van der Waals surface area contributed by atoms with Crippen LogP contribution in [0.3, 0.4) is 0 Å². The fraction of sp³-hybridized carbons (Fsp3) is 0.214. The first kappa shape index (κ1) is 12.4. The number of carboxylic acids is 1. The third-order valence-corrected chi connectivity index (χ3v) is 2.92. The van der Waals surface area contributed by atoms with Crippen LogP contribution < -0.4 is 5.32 Å². The van der Waals surface area contributed by atoms with E-state index in [9.17, 15) is 9.90 Å². The van der Waals surface area contributed by atoms with Crippen molar-refractivity contribution >= 4 is 16.7 Å². The summed E-state index contributed by atoms with van der Waals surface area (Å²) in [5, 5.41) is 23.5. The Balaban J connectivity index is 2.23. The number of rotatable bonds is 4. The van der Waals surface area contributed by atoms with Gasteiger partial charge in [0.25, 0.3) is 0 Å². The lowest BCUT2D eigenvalue weighted by Crippen LogP contribution is -2.33. The van der Waals surface area contributed by atoms with E-state index in [4.69, 9.17) is 5.11 Å². The molecule has 0 aliphatic heterocycles. The lowest BCUT2D eigenvalue weighted by molar-refractivity contribution is -0.139. The number of benzene rings is 2. The lowest BCUT2D eigenvalue weighted by atomic mass is 10.1. The maximum absolute atomic E-state index is 10.7. The van der Waals surface area contributed by atoms with Crippen molar-refractivity contribution in [2.45, 2.75) is 19.5 Å². The van der Waals surface area contributed by atoms with Gasteiger partial charge in [-0.05, 0) is 29.8 Å². The van der Waals surface area contributed by atoms with Crippen molar-refractivity contribution in [3.63, 3.8) is 0 Å². The van der Waals surface area contributed by atoms with E-state index in [-0.39, 0.29) is 5.75 Å². The highest BCUT2D eigenvalue weighted by Crippen LogP contribution is 2.24. The first-order valence-corrected chi connectivity index (χ1v) is 5.75. The van der Waals surface area contributed by atoms with Crippen LogP contribution in [0.4, 0.5) is 0 Å². The Hall–Kier alpha value is -2.07. The standard InChI is InChI=1S/C14H15NO3/c1-9(14(17)18)15-8-12-6-10-4-2-3-5-11(10)7-13(12)16/h2-7,9,15-16H,8H2,1H3,(H,17,18). The molecule has 1 atom stereocenters. The number of hydrogen-bond donors (Lipinski definition) is 3. The smallest absolute Gasteiger partial charge is 0.320 e. The van der Waals surface area contributed by atoms with Gasteiger partial charge in [0.1, 0.15) is 11.8 Å². The molecule has 2 rings (SSSR count). The molecule has 0 radical (unpaired) electrons. The fourth-order valence-corrected chi connectivity index (χ4v) is 1.77. The Bertz CT molecular complexity index is 580. The van der Waals surface area contributed by atoms with Gasteiger partial charge >= 0.3 is 5.97 Å². The molecule has 0 saturated carbocycles. The van der Waals surface area contributed by atoms with E-state index in [2.05, 4.69) is 5.32 Å². The second-order valence-corrected chi connectivity index (χ2v) is 4.27. The Kier molecular flexibility index (Phi) is 3.48. The maximum Gasteiger partial charge on any atom is 0.320 e. The molecule has 3 N–H and O–H groups in total. The topological polar surface area (TPSA) is 69.6 Å². The molecule has 0 aromatic heterocycles. The van der Waals surface area contributed by atoms with Crippen LogP contribution in [-0.2, 0) is 11.3 Å². The number of carbonyl (C=O) groups is 1. The number of hydrogen-bond acceptors (Lipinski definition) is 3. The summed E-state index contributed by atoms with van der Waals surface area (Å²) in [7, 11) is 0. The van der Waals surface area contributed by atoms with Crippen molar-refractivity contribution in [1.29, 1.82) is 0 Å². The normalized spacial score (nSPS) is 12.5. The van der Waals surface area contributed by atoms with Crippen LogP contribution in [0, 0.1) is 0 Å². The van der Waals surface area contributed by atoms with Gasteiger partial charge in [0.15, 0.2) is 0 Å². The molecule has 0 aliphatic rings. The summed E-state index contributed by atoms with van der Waals surface area (Å²) < 4.78 is 0. The molecule has 0 amide bonds. The van der Waals surface area contributed by atoms with E-state index < -0.39 is 12.0 Å². The summed E-state index contributed by atoms with van der Waals surface area (Å²) in [6.45, 7) is 1.89. The van der Waals surface area contributed by atoms with Gasteiger partial charge in [-0.2, -0.15) is 0 Å². The predicted octanol–water partition coefficient (Wildman–Crippen LogP) is 2.11. The van der Waals surface area contributed by atoms with E-state index >= 15 is 0 Å². The highest BCUT2D eigenvalue weighted by molar-refractivity contribution is 5.84. The molecule has 1 unspecified atom stereocenters. The van der Waals surface area contributed by atoms with Crippen molar-refractivity contribution in [3.05, 3.63) is 42.0 Å². The molecule has 94 valence electrons. The molecule has 18 heavy (non-hydrogen) atoms. The van der Waals surface area contributed by atoms with E-state index in [1.54, 1.807) is 13.0 Å². The summed E-state index contributed by atoms with van der Waals surface area (Å²) in [6.07, 6.45) is 0. The average Bonchev–Trinajstić information content (AvgIpc) is 2.35. The quantitative estimate of drug-likeness (QED) is 0.771. The number of phenolic OH excluding ortho intramolecular Hbond substituents is 1.